The number of halogens is 3. The van der Waals surface area contributed by atoms with Gasteiger partial charge in [-0.15, -0.1) is 0 Å². The third kappa shape index (κ3) is 7.30. The highest BCUT2D eigenvalue weighted by Crippen LogP contribution is 2.46. The van der Waals surface area contributed by atoms with Crippen molar-refractivity contribution in [2.24, 2.45) is 23.3 Å². The van der Waals surface area contributed by atoms with Crippen LogP contribution in [0.3, 0.4) is 0 Å². The van der Waals surface area contributed by atoms with Crippen molar-refractivity contribution in [1.82, 2.24) is 14.2 Å². The molecule has 0 spiro atoms. The van der Waals surface area contributed by atoms with E-state index in [9.17, 15) is 18.0 Å². The summed E-state index contributed by atoms with van der Waals surface area (Å²) in [6, 6.07) is 8.84. The van der Waals surface area contributed by atoms with Crippen molar-refractivity contribution in [3.8, 4) is 0 Å². The molecule has 0 radical (unpaired) electrons. The highest BCUT2D eigenvalue weighted by atomic mass is 35.5. The lowest BCUT2D eigenvalue weighted by Crippen LogP contribution is -2.49. The van der Waals surface area contributed by atoms with Gasteiger partial charge in [0.05, 0.1) is 4.90 Å². The zero-order chi connectivity index (χ0) is 33.1. The molecule has 46 heavy (non-hydrogen) atoms. The van der Waals surface area contributed by atoms with Crippen LogP contribution in [0.5, 0.6) is 0 Å². The number of sulfonamides is 1. The number of alkyl halides is 2. The van der Waals surface area contributed by atoms with Gasteiger partial charge in [-0.2, -0.15) is 4.31 Å². The van der Waals surface area contributed by atoms with Crippen LogP contribution in [0.25, 0.3) is 0 Å². The molecule has 4 N–H and O–H groups in total. The third-order valence-electron chi connectivity index (χ3n) is 9.29. The number of hydrogen-bond donors (Lipinski definition) is 2. The van der Waals surface area contributed by atoms with Gasteiger partial charge in [0.25, 0.3) is 5.92 Å². The molecular weight excluding hydrogens is 640 g/mol. The minimum absolute atomic E-state index is 0.0234. The van der Waals surface area contributed by atoms with Gasteiger partial charge in [0, 0.05) is 88.4 Å². The molecule has 1 aromatic heterocycles. The highest BCUT2D eigenvalue weighted by molar-refractivity contribution is 7.89. The molecule has 3 fully saturated rings. The molecule has 1 saturated carbocycles. The normalized spacial score (nSPS) is 21.5. The van der Waals surface area contributed by atoms with Crippen LogP contribution in [0.4, 0.5) is 20.3 Å². The van der Waals surface area contributed by atoms with Crippen LogP contribution < -0.4 is 21.3 Å². The molecule has 2 amide bonds. The first-order chi connectivity index (χ1) is 21.9. The van der Waals surface area contributed by atoms with E-state index in [0.717, 1.165) is 6.42 Å². The molecule has 2 saturated heterocycles. The minimum Gasteiger partial charge on any atom is -0.354 e. The van der Waals surface area contributed by atoms with E-state index in [4.69, 9.17) is 23.1 Å². The number of benzene rings is 1. The largest absolute Gasteiger partial charge is 0.354 e. The molecule has 0 atom stereocenters. The second-order valence-corrected chi connectivity index (χ2v) is 14.5. The van der Waals surface area contributed by atoms with E-state index >= 15 is 8.78 Å². The first-order valence-corrected chi connectivity index (χ1v) is 17.7. The maximum absolute atomic E-state index is 15.9. The Kier molecular flexibility index (Phi) is 10.8. The molecule has 3 aliphatic rings. The summed E-state index contributed by atoms with van der Waals surface area (Å²) in [6.45, 7) is 2.78. The predicted octanol–water partition coefficient (Wildman–Crippen LogP) is 3.02. The van der Waals surface area contributed by atoms with Crippen molar-refractivity contribution in [2.45, 2.75) is 49.3 Å². The number of rotatable bonds is 11. The number of amides is 2. The number of piperazine rings is 1. The number of hydrogen-bond acceptors (Lipinski definition) is 8. The summed E-state index contributed by atoms with van der Waals surface area (Å²) in [7, 11) is -3.80. The van der Waals surface area contributed by atoms with E-state index < -0.39 is 21.9 Å². The van der Waals surface area contributed by atoms with Gasteiger partial charge in [-0.05, 0) is 68.5 Å². The van der Waals surface area contributed by atoms with Crippen LogP contribution in [0.2, 0.25) is 5.15 Å². The molecule has 0 bridgehead atoms. The molecule has 3 heterocycles. The Morgan fingerprint density at radius 3 is 2.17 bits per heavy atom. The molecule has 252 valence electrons. The maximum Gasteiger partial charge on any atom is 0.276 e. The first-order valence-electron chi connectivity index (χ1n) is 15.9. The Labute approximate surface area is 273 Å². The van der Waals surface area contributed by atoms with Gasteiger partial charge in [0.1, 0.15) is 11.0 Å². The SMILES string of the molecule is NCCN(CCN)C(=O)C1CCC(C(F)(F)c2cc(Cl)nc(N3CCN(S(=O)(=O)c4ccc(N5CCCC5=O)cc4)CC3)c2)CC1. The summed E-state index contributed by atoms with van der Waals surface area (Å²) >= 11 is 6.25. The topological polar surface area (TPSA) is 146 Å². The van der Waals surface area contributed by atoms with E-state index in [1.54, 1.807) is 26.8 Å². The summed E-state index contributed by atoms with van der Waals surface area (Å²) in [6.07, 6.45) is 2.34. The monoisotopic (exact) mass is 681 g/mol. The number of aromatic nitrogens is 1. The first kappa shape index (κ1) is 34.4. The standard InChI is InChI=1S/C31H42ClF2N7O4S/c32-27-20-24(31(33,34)23-5-3-22(4-6-23)30(43)39(14-11-35)15-12-36)21-28(37-27)38-16-18-40(19-17-38)46(44,45)26-9-7-25(8-10-26)41-13-1-2-29(41)42/h7-10,20-23H,1-6,11-19,35-36H2. The molecule has 1 aliphatic carbocycles. The van der Waals surface area contributed by atoms with Gasteiger partial charge in [0.15, 0.2) is 0 Å². The maximum atomic E-state index is 15.9. The minimum atomic E-state index is -3.80. The van der Waals surface area contributed by atoms with Crippen LogP contribution >= 0.6 is 11.6 Å². The summed E-state index contributed by atoms with van der Waals surface area (Å²) in [5, 5.41) is -0.0677. The van der Waals surface area contributed by atoms with Crippen LogP contribution in [0, 0.1) is 11.8 Å². The Hall–Kier alpha value is -2.91. The summed E-state index contributed by atoms with van der Waals surface area (Å²) in [5.41, 5.74) is 11.7. The Morgan fingerprint density at radius 2 is 1.61 bits per heavy atom. The molecule has 1 aromatic carbocycles. The number of anilines is 2. The van der Waals surface area contributed by atoms with Crippen molar-refractivity contribution in [3.63, 3.8) is 0 Å². The molecule has 11 nitrogen and oxygen atoms in total. The number of pyridine rings is 1. The van der Waals surface area contributed by atoms with E-state index in [0.29, 0.717) is 57.7 Å². The second-order valence-electron chi connectivity index (χ2n) is 12.1. The number of nitrogens with two attached hydrogens (primary N) is 2. The average Bonchev–Trinajstić information content (AvgIpc) is 3.49. The predicted molar refractivity (Wildman–Crippen MR) is 172 cm³/mol. The number of carbonyl (C=O) groups excluding carboxylic acids is 2. The van der Waals surface area contributed by atoms with E-state index in [1.165, 1.54) is 28.6 Å². The van der Waals surface area contributed by atoms with E-state index in [2.05, 4.69) is 4.98 Å². The zero-order valence-electron chi connectivity index (χ0n) is 25.8. The Bertz CT molecular complexity index is 1490. The van der Waals surface area contributed by atoms with Gasteiger partial charge >= 0.3 is 0 Å². The molecular formula is C31H42ClF2N7O4S. The fraction of sp³-hybridized carbons (Fsp3) is 0.581. The van der Waals surface area contributed by atoms with Crippen LogP contribution in [0.15, 0.2) is 41.3 Å². The quantitative estimate of drug-likeness (QED) is 0.345. The lowest BCUT2D eigenvalue weighted by Gasteiger charge is -2.36. The fourth-order valence-corrected chi connectivity index (χ4v) is 8.33. The van der Waals surface area contributed by atoms with Crippen molar-refractivity contribution in [3.05, 3.63) is 47.1 Å². The molecule has 2 aromatic rings. The van der Waals surface area contributed by atoms with E-state index in [1.807, 2.05) is 0 Å². The molecule has 5 rings (SSSR count). The number of carbonyl (C=O) groups is 2. The summed E-state index contributed by atoms with van der Waals surface area (Å²) in [5.74, 6) is -4.28. The van der Waals surface area contributed by atoms with Crippen LogP contribution in [0.1, 0.15) is 44.1 Å². The third-order valence-corrected chi connectivity index (χ3v) is 11.4. The lowest BCUT2D eigenvalue weighted by molar-refractivity contribution is -0.139. The van der Waals surface area contributed by atoms with Gasteiger partial charge in [0.2, 0.25) is 21.8 Å². The summed E-state index contributed by atoms with van der Waals surface area (Å²) in [4.78, 5) is 34.4. The Morgan fingerprint density at radius 1 is 0.978 bits per heavy atom. The van der Waals surface area contributed by atoms with E-state index in [-0.39, 0.29) is 78.2 Å². The van der Waals surface area contributed by atoms with Crippen LogP contribution in [-0.4, -0.2) is 93.3 Å². The van der Waals surface area contributed by atoms with Crippen molar-refractivity contribution in [1.29, 1.82) is 0 Å². The van der Waals surface area contributed by atoms with Crippen molar-refractivity contribution in [2.75, 3.05) is 68.7 Å². The molecule has 2 aliphatic heterocycles. The molecule has 15 heteroatoms. The van der Waals surface area contributed by atoms with Gasteiger partial charge < -0.3 is 26.2 Å². The lowest BCUT2D eigenvalue weighted by atomic mass is 9.77. The van der Waals surface area contributed by atoms with Crippen LogP contribution in [-0.2, 0) is 25.5 Å². The second kappa shape index (κ2) is 14.5. The zero-order valence-corrected chi connectivity index (χ0v) is 27.4. The number of nitrogens with zero attached hydrogens (tertiary/aromatic N) is 5. The van der Waals surface area contributed by atoms with Crippen molar-refractivity contribution < 1.29 is 26.8 Å². The average molecular weight is 682 g/mol. The highest BCUT2D eigenvalue weighted by Gasteiger charge is 2.45. The van der Waals surface area contributed by atoms with Gasteiger partial charge in [-0.25, -0.2) is 22.2 Å². The Balaban J connectivity index is 1.21. The van der Waals surface area contributed by atoms with Gasteiger partial charge in [-0.1, -0.05) is 11.6 Å². The van der Waals surface area contributed by atoms with Gasteiger partial charge in [-0.3, -0.25) is 9.59 Å². The fourth-order valence-electron chi connectivity index (χ4n) is 6.70. The summed E-state index contributed by atoms with van der Waals surface area (Å²) < 4.78 is 59.9. The smallest absolute Gasteiger partial charge is 0.276 e. The van der Waals surface area contributed by atoms with Crippen molar-refractivity contribution >= 4 is 44.9 Å². The molecule has 0 unspecified atom stereocenters.